The van der Waals surface area contributed by atoms with Crippen molar-refractivity contribution in [1.82, 2.24) is 0 Å². The smallest absolute Gasteiger partial charge is 0.336 e. The second-order valence-electron chi connectivity index (χ2n) is 6.90. The van der Waals surface area contributed by atoms with Gasteiger partial charge in [-0.2, -0.15) is 0 Å². The van der Waals surface area contributed by atoms with Crippen LogP contribution in [0.15, 0.2) is 64.1 Å². The minimum atomic E-state index is -0.855. The zero-order chi connectivity index (χ0) is 19.4. The highest BCUT2D eigenvalue weighted by atomic mass is 32.2. The van der Waals surface area contributed by atoms with E-state index >= 15 is 0 Å². The molecule has 26 heavy (non-hydrogen) atoms. The normalized spacial score (nSPS) is 12.2. The Hall–Kier alpha value is -1.74. The van der Waals surface area contributed by atoms with Gasteiger partial charge >= 0.3 is 5.97 Å². The third-order valence-electron chi connectivity index (χ3n) is 4.11. The molecule has 3 heteroatoms. The van der Waals surface area contributed by atoms with E-state index in [0.29, 0.717) is 5.56 Å². The first-order chi connectivity index (χ1) is 12.4. The third kappa shape index (κ3) is 9.67. The molecule has 142 valence electrons. The van der Waals surface area contributed by atoms with Crippen molar-refractivity contribution in [1.29, 1.82) is 0 Å². The lowest BCUT2D eigenvalue weighted by Crippen LogP contribution is -1.98. The lowest BCUT2D eigenvalue weighted by Gasteiger charge is -2.05. The Balaban J connectivity index is 2.32. The molecule has 0 heterocycles. The van der Waals surface area contributed by atoms with Crippen LogP contribution in [-0.4, -0.2) is 16.8 Å². The van der Waals surface area contributed by atoms with E-state index in [4.69, 9.17) is 0 Å². The van der Waals surface area contributed by atoms with Gasteiger partial charge in [0.2, 0.25) is 0 Å². The second-order valence-corrected chi connectivity index (χ2v) is 8.03. The molecule has 0 amide bonds. The van der Waals surface area contributed by atoms with Crippen LogP contribution in [0.25, 0.3) is 0 Å². The van der Waals surface area contributed by atoms with Crippen molar-refractivity contribution in [3.05, 3.63) is 64.8 Å². The lowest BCUT2D eigenvalue weighted by molar-refractivity contribution is 0.0693. The molecule has 2 nitrogen and oxygen atoms in total. The molecule has 0 unspecified atom stereocenters. The number of aromatic carboxylic acids is 1. The number of benzene rings is 1. The Kier molecular flexibility index (Phi) is 10.8. The van der Waals surface area contributed by atoms with Gasteiger partial charge in [0, 0.05) is 10.6 Å². The van der Waals surface area contributed by atoms with Crippen LogP contribution in [-0.2, 0) is 0 Å². The molecule has 0 spiro atoms. The predicted molar refractivity (Wildman–Crippen MR) is 114 cm³/mol. The molecule has 1 aromatic rings. The largest absolute Gasteiger partial charge is 0.478 e. The minimum Gasteiger partial charge on any atom is -0.478 e. The van der Waals surface area contributed by atoms with E-state index in [1.165, 1.54) is 16.7 Å². The summed E-state index contributed by atoms with van der Waals surface area (Å²) >= 11 is 1.61. The van der Waals surface area contributed by atoms with Crippen molar-refractivity contribution in [2.45, 2.75) is 64.7 Å². The van der Waals surface area contributed by atoms with E-state index in [0.717, 1.165) is 42.8 Å². The molecule has 1 aromatic carbocycles. The number of thioether (sulfide) groups is 1. The fourth-order valence-corrected chi connectivity index (χ4v) is 3.52. The van der Waals surface area contributed by atoms with Gasteiger partial charge in [0.1, 0.15) is 0 Å². The summed E-state index contributed by atoms with van der Waals surface area (Å²) in [5, 5.41) is 9.20. The van der Waals surface area contributed by atoms with Gasteiger partial charge in [-0.05, 0) is 71.9 Å². The van der Waals surface area contributed by atoms with E-state index in [1.54, 1.807) is 23.9 Å². The van der Waals surface area contributed by atoms with Gasteiger partial charge in [-0.3, -0.25) is 0 Å². The van der Waals surface area contributed by atoms with Gasteiger partial charge < -0.3 is 5.11 Å². The van der Waals surface area contributed by atoms with Gasteiger partial charge in [-0.1, -0.05) is 47.1 Å². The van der Waals surface area contributed by atoms with Crippen molar-refractivity contribution in [2.24, 2.45) is 0 Å². The highest BCUT2D eigenvalue weighted by Crippen LogP contribution is 2.23. The van der Waals surface area contributed by atoms with E-state index < -0.39 is 5.97 Å². The maximum atomic E-state index is 11.2. The van der Waals surface area contributed by atoms with Crippen LogP contribution in [0.1, 0.15) is 70.2 Å². The van der Waals surface area contributed by atoms with Crippen molar-refractivity contribution in [3.63, 3.8) is 0 Å². The quantitative estimate of drug-likeness (QED) is 0.252. The van der Waals surface area contributed by atoms with Crippen molar-refractivity contribution < 1.29 is 9.90 Å². The monoisotopic (exact) mass is 372 g/mol. The Morgan fingerprint density at radius 2 is 1.50 bits per heavy atom. The molecular weight excluding hydrogens is 340 g/mol. The number of allylic oxidation sites excluding steroid dienone is 6. The molecular formula is C23H32O2S. The lowest BCUT2D eigenvalue weighted by atomic mass is 10.1. The van der Waals surface area contributed by atoms with E-state index in [9.17, 15) is 9.90 Å². The zero-order valence-electron chi connectivity index (χ0n) is 16.5. The number of hydrogen-bond acceptors (Lipinski definition) is 2. The van der Waals surface area contributed by atoms with Crippen molar-refractivity contribution in [2.75, 3.05) is 5.75 Å². The van der Waals surface area contributed by atoms with E-state index in [1.807, 2.05) is 12.1 Å². The molecule has 0 atom stereocenters. The molecule has 0 saturated heterocycles. The molecule has 0 bridgehead atoms. The Morgan fingerprint density at radius 3 is 2.12 bits per heavy atom. The Labute approximate surface area is 163 Å². The van der Waals surface area contributed by atoms with Crippen LogP contribution in [0.4, 0.5) is 0 Å². The topological polar surface area (TPSA) is 37.3 Å². The van der Waals surface area contributed by atoms with Gasteiger partial charge in [-0.15, -0.1) is 11.8 Å². The summed E-state index contributed by atoms with van der Waals surface area (Å²) in [6.45, 7) is 8.69. The zero-order valence-corrected chi connectivity index (χ0v) is 17.4. The molecule has 0 fully saturated rings. The van der Waals surface area contributed by atoms with Crippen molar-refractivity contribution in [3.8, 4) is 0 Å². The maximum Gasteiger partial charge on any atom is 0.336 e. The number of carbonyl (C=O) groups is 1. The summed E-state index contributed by atoms with van der Waals surface area (Å²) in [6, 6.07) is 7.21. The van der Waals surface area contributed by atoms with Gasteiger partial charge in [0.25, 0.3) is 0 Å². The fourth-order valence-electron chi connectivity index (χ4n) is 2.58. The molecule has 0 aliphatic carbocycles. The van der Waals surface area contributed by atoms with E-state index in [-0.39, 0.29) is 0 Å². The Bertz CT molecular complexity index is 665. The summed E-state index contributed by atoms with van der Waals surface area (Å²) in [5.74, 6) is 0.0470. The van der Waals surface area contributed by atoms with Crippen LogP contribution in [0, 0.1) is 0 Å². The molecule has 0 aromatic heterocycles. The Morgan fingerprint density at radius 1 is 0.923 bits per heavy atom. The first kappa shape index (κ1) is 22.3. The molecule has 0 radical (unpaired) electrons. The van der Waals surface area contributed by atoms with Gasteiger partial charge in [0.05, 0.1) is 5.56 Å². The predicted octanol–water partition coefficient (Wildman–Crippen LogP) is 7.29. The summed E-state index contributed by atoms with van der Waals surface area (Å²) in [7, 11) is 0. The molecule has 0 aliphatic rings. The average molecular weight is 373 g/mol. The van der Waals surface area contributed by atoms with Crippen LogP contribution in [0.3, 0.4) is 0 Å². The number of carboxylic acids is 1. The highest BCUT2D eigenvalue weighted by molar-refractivity contribution is 7.99. The summed E-state index contributed by atoms with van der Waals surface area (Å²) in [4.78, 5) is 12.0. The van der Waals surface area contributed by atoms with Crippen LogP contribution >= 0.6 is 11.8 Å². The molecule has 0 aliphatic heterocycles. The van der Waals surface area contributed by atoms with Crippen LogP contribution in [0.5, 0.6) is 0 Å². The number of carboxylic acid groups (broad SMARTS) is 1. The van der Waals surface area contributed by atoms with Crippen LogP contribution < -0.4 is 0 Å². The SMILES string of the molecule is CC(C)=CCC/C(C)=C\CC/C(C)=C\CCSc1ccccc1C(=O)O. The standard InChI is InChI=1S/C23H32O2S/c1-18(2)10-7-11-19(3)12-8-13-20(4)14-9-17-26-22-16-6-5-15-21(22)23(24)25/h5-6,10,12,14-16H,7-9,11,13,17H2,1-4H3,(H,24,25)/b19-12-,20-14-. The number of rotatable bonds is 11. The van der Waals surface area contributed by atoms with Gasteiger partial charge in [-0.25, -0.2) is 4.79 Å². The molecule has 1 rings (SSSR count). The average Bonchev–Trinajstić information content (AvgIpc) is 2.58. The van der Waals surface area contributed by atoms with Crippen LogP contribution in [0.2, 0.25) is 0 Å². The summed E-state index contributed by atoms with van der Waals surface area (Å²) in [6.07, 6.45) is 12.4. The third-order valence-corrected chi connectivity index (χ3v) is 5.22. The molecule has 1 N–H and O–H groups in total. The van der Waals surface area contributed by atoms with Crippen molar-refractivity contribution >= 4 is 17.7 Å². The first-order valence-corrected chi connectivity index (χ1v) is 10.3. The first-order valence-electron chi connectivity index (χ1n) is 9.30. The summed E-state index contributed by atoms with van der Waals surface area (Å²) < 4.78 is 0. The van der Waals surface area contributed by atoms with Gasteiger partial charge in [0.15, 0.2) is 0 Å². The number of hydrogen-bond donors (Lipinski definition) is 1. The second kappa shape index (κ2) is 12.6. The highest BCUT2D eigenvalue weighted by Gasteiger charge is 2.08. The maximum absolute atomic E-state index is 11.2. The fraction of sp³-hybridized carbons (Fsp3) is 0.435. The van der Waals surface area contributed by atoms with E-state index in [2.05, 4.69) is 45.9 Å². The molecule has 0 saturated carbocycles. The minimum absolute atomic E-state index is 0.395. The summed E-state index contributed by atoms with van der Waals surface area (Å²) in [5.41, 5.74) is 4.66.